The van der Waals surface area contributed by atoms with E-state index in [0.29, 0.717) is 37.5 Å². The number of anilines is 1. The Morgan fingerprint density at radius 2 is 1.94 bits per heavy atom. The van der Waals surface area contributed by atoms with Crippen molar-refractivity contribution in [1.29, 1.82) is 0 Å². The molecule has 1 fully saturated rings. The Bertz CT molecular complexity index is 1220. The summed E-state index contributed by atoms with van der Waals surface area (Å²) in [4.78, 5) is 17.3. The Balaban J connectivity index is 1.26. The number of nitrogens with zero attached hydrogens (tertiary/aromatic N) is 2. The topological polar surface area (TPSA) is 91.4 Å². The number of rotatable bonds is 8. The number of carbonyl (C=O) groups excluding carboxylic acids is 1. The second-order valence-electron chi connectivity index (χ2n) is 8.11. The third kappa shape index (κ3) is 5.63. The van der Waals surface area contributed by atoms with Gasteiger partial charge in [0.05, 0.1) is 16.3 Å². The van der Waals surface area contributed by atoms with Gasteiger partial charge in [0.15, 0.2) is 0 Å². The van der Waals surface area contributed by atoms with E-state index in [0.717, 1.165) is 23.0 Å². The first-order valence-electron chi connectivity index (χ1n) is 11.1. The Kier molecular flexibility index (Phi) is 7.47. The summed E-state index contributed by atoms with van der Waals surface area (Å²) >= 11 is 6.04. The van der Waals surface area contributed by atoms with E-state index in [9.17, 15) is 13.2 Å². The van der Waals surface area contributed by atoms with Gasteiger partial charge in [0, 0.05) is 48.5 Å². The number of fused-ring (bicyclic) bond motifs is 1. The largest absolute Gasteiger partial charge is 0.384 e. The molecule has 2 heterocycles. The van der Waals surface area contributed by atoms with Gasteiger partial charge < -0.3 is 10.6 Å². The van der Waals surface area contributed by atoms with Crippen molar-refractivity contribution >= 4 is 44.1 Å². The maximum absolute atomic E-state index is 12.9. The molecular formula is C24H27ClN4O3S. The number of aromatic nitrogens is 1. The van der Waals surface area contributed by atoms with Crippen LogP contribution in [-0.2, 0) is 14.8 Å². The van der Waals surface area contributed by atoms with Gasteiger partial charge in [-0.2, -0.15) is 4.31 Å². The van der Waals surface area contributed by atoms with Crippen molar-refractivity contribution in [3.8, 4) is 0 Å². The first kappa shape index (κ1) is 23.5. The van der Waals surface area contributed by atoms with Crippen LogP contribution in [0.2, 0.25) is 5.02 Å². The van der Waals surface area contributed by atoms with E-state index in [2.05, 4.69) is 15.6 Å². The van der Waals surface area contributed by atoms with Crippen molar-refractivity contribution in [2.45, 2.75) is 24.2 Å². The number of hydrogen-bond donors (Lipinski definition) is 2. The van der Waals surface area contributed by atoms with E-state index in [1.807, 2.05) is 24.3 Å². The molecule has 0 aliphatic carbocycles. The number of amides is 1. The Labute approximate surface area is 199 Å². The molecule has 9 heteroatoms. The Morgan fingerprint density at radius 3 is 2.76 bits per heavy atom. The van der Waals surface area contributed by atoms with Crippen molar-refractivity contribution in [2.24, 2.45) is 5.92 Å². The fraction of sp³-hybridized carbons (Fsp3) is 0.333. The highest BCUT2D eigenvalue weighted by atomic mass is 35.5. The lowest BCUT2D eigenvalue weighted by molar-refractivity contribution is -0.126. The molecule has 0 radical (unpaired) electrons. The van der Waals surface area contributed by atoms with E-state index >= 15 is 0 Å². The van der Waals surface area contributed by atoms with E-state index < -0.39 is 10.0 Å². The Morgan fingerprint density at radius 1 is 1.12 bits per heavy atom. The smallest absolute Gasteiger partial charge is 0.243 e. The minimum atomic E-state index is -3.58. The molecule has 33 heavy (non-hydrogen) atoms. The fourth-order valence-electron chi connectivity index (χ4n) is 4.06. The maximum atomic E-state index is 12.9. The second-order valence-corrected chi connectivity index (χ2v) is 10.5. The van der Waals surface area contributed by atoms with Crippen LogP contribution in [0.25, 0.3) is 10.9 Å². The molecule has 7 nitrogen and oxygen atoms in total. The van der Waals surface area contributed by atoms with Crippen molar-refractivity contribution in [3.05, 3.63) is 65.8 Å². The average Bonchev–Trinajstić information content (AvgIpc) is 2.84. The summed E-state index contributed by atoms with van der Waals surface area (Å²) in [6.45, 7) is 1.85. The van der Waals surface area contributed by atoms with Crippen LogP contribution in [0.4, 0.5) is 5.69 Å². The molecule has 1 atom stereocenters. The summed E-state index contributed by atoms with van der Waals surface area (Å²) in [7, 11) is -3.58. The van der Waals surface area contributed by atoms with Crippen molar-refractivity contribution in [1.82, 2.24) is 14.6 Å². The number of benzene rings is 2. The zero-order chi connectivity index (χ0) is 23.3. The molecule has 174 valence electrons. The molecule has 4 rings (SSSR count). The highest BCUT2D eigenvalue weighted by Gasteiger charge is 2.33. The van der Waals surface area contributed by atoms with Crippen molar-refractivity contribution in [2.75, 3.05) is 31.5 Å². The van der Waals surface area contributed by atoms with Crippen LogP contribution in [0.3, 0.4) is 0 Å². The minimum Gasteiger partial charge on any atom is -0.384 e. The summed E-state index contributed by atoms with van der Waals surface area (Å²) < 4.78 is 27.2. The molecule has 2 aromatic carbocycles. The summed E-state index contributed by atoms with van der Waals surface area (Å²) in [5.41, 5.74) is 1.80. The predicted octanol–water partition coefficient (Wildman–Crippen LogP) is 3.91. The van der Waals surface area contributed by atoms with Crippen LogP contribution in [0, 0.1) is 5.92 Å². The molecule has 1 amide bonds. The molecule has 0 unspecified atom stereocenters. The number of carbonyl (C=O) groups is 1. The Hall–Kier alpha value is -2.68. The maximum Gasteiger partial charge on any atom is 0.243 e. The highest BCUT2D eigenvalue weighted by Crippen LogP contribution is 2.25. The SMILES string of the molecule is O=C(NCCCNc1ccnc2cc(Cl)ccc12)[C@H]1CCCN(S(=O)(=O)c2ccccc2)C1. The van der Waals surface area contributed by atoms with Crippen molar-refractivity contribution < 1.29 is 13.2 Å². The van der Waals surface area contributed by atoms with Crippen LogP contribution in [0.5, 0.6) is 0 Å². The van der Waals surface area contributed by atoms with Crippen LogP contribution in [0.15, 0.2) is 65.7 Å². The molecule has 1 aliphatic rings. The molecule has 1 saturated heterocycles. The standard InChI is InChI=1S/C24H27ClN4O3S/c25-19-9-10-21-22(11-14-27-23(21)16-19)26-12-5-13-28-24(30)18-6-4-15-29(17-18)33(31,32)20-7-2-1-3-8-20/h1-3,7-11,14,16,18H,4-6,12-13,15,17H2,(H,26,27)(H,28,30)/t18-/m0/s1. The molecule has 3 aromatic rings. The fourth-order valence-corrected chi connectivity index (χ4v) is 5.77. The van der Waals surface area contributed by atoms with Gasteiger partial charge in [-0.15, -0.1) is 0 Å². The molecule has 0 spiro atoms. The first-order valence-corrected chi connectivity index (χ1v) is 12.9. The van der Waals surface area contributed by atoms with Gasteiger partial charge in [-0.3, -0.25) is 9.78 Å². The monoisotopic (exact) mass is 486 g/mol. The summed E-state index contributed by atoms with van der Waals surface area (Å²) in [6.07, 6.45) is 3.84. The van der Waals surface area contributed by atoms with Crippen LogP contribution in [-0.4, -0.2) is 49.8 Å². The molecular weight excluding hydrogens is 460 g/mol. The van der Waals surface area contributed by atoms with E-state index in [1.54, 1.807) is 36.5 Å². The number of sulfonamides is 1. The van der Waals surface area contributed by atoms with E-state index in [1.165, 1.54) is 4.31 Å². The van der Waals surface area contributed by atoms with Crippen molar-refractivity contribution in [3.63, 3.8) is 0 Å². The van der Waals surface area contributed by atoms with Gasteiger partial charge in [-0.1, -0.05) is 29.8 Å². The molecule has 1 aromatic heterocycles. The minimum absolute atomic E-state index is 0.0908. The van der Waals surface area contributed by atoms with E-state index in [4.69, 9.17) is 11.6 Å². The van der Waals surface area contributed by atoms with Gasteiger partial charge in [0.2, 0.25) is 15.9 Å². The number of nitrogens with one attached hydrogen (secondary N) is 2. The molecule has 2 N–H and O–H groups in total. The second kappa shape index (κ2) is 10.5. The van der Waals surface area contributed by atoms with Crippen LogP contribution < -0.4 is 10.6 Å². The summed E-state index contributed by atoms with van der Waals surface area (Å²) in [5, 5.41) is 7.99. The summed E-state index contributed by atoms with van der Waals surface area (Å²) in [5.74, 6) is -0.425. The van der Waals surface area contributed by atoms with Crippen LogP contribution >= 0.6 is 11.6 Å². The van der Waals surface area contributed by atoms with Gasteiger partial charge in [0.1, 0.15) is 0 Å². The number of halogens is 1. The third-order valence-electron chi connectivity index (χ3n) is 5.81. The van der Waals surface area contributed by atoms with Gasteiger partial charge in [0.25, 0.3) is 0 Å². The third-order valence-corrected chi connectivity index (χ3v) is 7.92. The highest BCUT2D eigenvalue weighted by molar-refractivity contribution is 7.89. The molecule has 0 bridgehead atoms. The number of hydrogen-bond acceptors (Lipinski definition) is 5. The molecule has 0 saturated carbocycles. The van der Waals surface area contributed by atoms with Crippen LogP contribution in [0.1, 0.15) is 19.3 Å². The van der Waals surface area contributed by atoms with Gasteiger partial charge in [-0.05, 0) is 55.7 Å². The number of pyridine rings is 1. The predicted molar refractivity (Wildman–Crippen MR) is 131 cm³/mol. The summed E-state index contributed by atoms with van der Waals surface area (Å²) in [6, 6.07) is 15.9. The zero-order valence-corrected chi connectivity index (χ0v) is 19.8. The molecule has 1 aliphatic heterocycles. The first-order chi connectivity index (χ1) is 15.9. The normalized spacial score (nSPS) is 17.1. The van der Waals surface area contributed by atoms with Gasteiger partial charge in [-0.25, -0.2) is 8.42 Å². The van der Waals surface area contributed by atoms with Gasteiger partial charge >= 0.3 is 0 Å². The lowest BCUT2D eigenvalue weighted by Crippen LogP contribution is -2.45. The van der Waals surface area contributed by atoms with E-state index in [-0.39, 0.29) is 23.3 Å². The lowest BCUT2D eigenvalue weighted by atomic mass is 9.99. The lowest BCUT2D eigenvalue weighted by Gasteiger charge is -2.31. The zero-order valence-electron chi connectivity index (χ0n) is 18.2. The quantitative estimate of drug-likeness (QED) is 0.471. The number of piperidine rings is 1. The average molecular weight is 487 g/mol.